The summed E-state index contributed by atoms with van der Waals surface area (Å²) in [4.78, 5) is 12.1. The molecule has 0 unspecified atom stereocenters. The normalized spacial score (nSPS) is 17.2. The first-order valence-electron chi connectivity index (χ1n) is 6.78. The SMILES string of the molecule is C[Si](C)(C)C1=CC=C([Si](C)(C)C)C1=O.[CH]1C=CC=C1.[Co]. The van der Waals surface area contributed by atoms with Gasteiger partial charge in [-0.3, -0.25) is 4.79 Å². The Hall–Kier alpha value is -0.430. The van der Waals surface area contributed by atoms with Gasteiger partial charge in [0, 0.05) is 23.2 Å². The standard InChI is InChI=1S/C11H20OSi2.C5H5.Co/c1-13(2,3)9-7-8-10(11(9)12)14(4,5)6;1-2-4-5-3-1;/h7-8H,1-6H3;1-5H;. The Kier molecular flexibility index (Phi) is 7.38. The molecule has 0 heterocycles. The maximum atomic E-state index is 12.1. The molecular formula is C16H25CoOSi2. The van der Waals surface area contributed by atoms with E-state index < -0.39 is 16.1 Å². The number of hydrogen-bond acceptors (Lipinski definition) is 1. The van der Waals surface area contributed by atoms with Crippen molar-refractivity contribution in [2.24, 2.45) is 0 Å². The fourth-order valence-corrected chi connectivity index (χ4v) is 4.89. The van der Waals surface area contributed by atoms with Gasteiger partial charge >= 0.3 is 0 Å². The van der Waals surface area contributed by atoms with E-state index in [0.717, 1.165) is 10.4 Å². The smallest absolute Gasteiger partial charge is 0.177 e. The second-order valence-corrected chi connectivity index (χ2v) is 17.0. The van der Waals surface area contributed by atoms with Crippen LogP contribution in [0.5, 0.6) is 0 Å². The molecule has 2 aliphatic rings. The Morgan fingerprint density at radius 3 is 1.20 bits per heavy atom. The molecule has 0 bridgehead atoms. The number of carbonyl (C=O) groups is 1. The summed E-state index contributed by atoms with van der Waals surface area (Å²) in [6.07, 6.45) is 14.1. The van der Waals surface area contributed by atoms with Crippen molar-refractivity contribution in [2.75, 3.05) is 0 Å². The van der Waals surface area contributed by atoms with Crippen molar-refractivity contribution < 1.29 is 21.6 Å². The molecule has 0 saturated heterocycles. The Labute approximate surface area is 136 Å². The quantitative estimate of drug-likeness (QED) is 0.672. The number of Topliss-reactive ketones (excluding diaryl/α,β-unsaturated/α-hetero) is 1. The number of allylic oxidation sites excluding steroid dienone is 8. The fourth-order valence-electron chi connectivity index (χ4n) is 1.97. The van der Waals surface area contributed by atoms with Crippen LogP contribution in [-0.4, -0.2) is 21.9 Å². The third kappa shape index (κ3) is 5.52. The zero-order valence-corrected chi connectivity index (χ0v) is 16.3. The molecule has 2 aliphatic carbocycles. The van der Waals surface area contributed by atoms with Crippen molar-refractivity contribution in [1.82, 2.24) is 0 Å². The first-order valence-corrected chi connectivity index (χ1v) is 13.8. The van der Waals surface area contributed by atoms with Crippen LogP contribution in [0, 0.1) is 6.42 Å². The number of rotatable bonds is 2. The molecule has 0 spiro atoms. The van der Waals surface area contributed by atoms with Crippen LogP contribution in [0.15, 0.2) is 46.8 Å². The van der Waals surface area contributed by atoms with Crippen molar-refractivity contribution in [2.45, 2.75) is 39.3 Å². The molecule has 0 aromatic carbocycles. The monoisotopic (exact) mass is 348 g/mol. The Bertz CT molecular complexity index is 430. The third-order valence-corrected chi connectivity index (χ3v) is 7.10. The summed E-state index contributed by atoms with van der Waals surface area (Å²) in [7, 11) is -2.85. The molecule has 2 rings (SSSR count). The number of ketones is 1. The average Bonchev–Trinajstić information content (AvgIpc) is 2.84. The van der Waals surface area contributed by atoms with Crippen LogP contribution >= 0.6 is 0 Å². The minimum Gasteiger partial charge on any atom is -0.290 e. The van der Waals surface area contributed by atoms with Crippen LogP contribution in [0.25, 0.3) is 0 Å². The summed E-state index contributed by atoms with van der Waals surface area (Å²) in [5.74, 6) is 0.350. The first-order chi connectivity index (χ1) is 8.64. The van der Waals surface area contributed by atoms with Gasteiger partial charge in [-0.2, -0.15) is 0 Å². The van der Waals surface area contributed by atoms with Crippen LogP contribution in [0.2, 0.25) is 39.3 Å². The predicted octanol–water partition coefficient (Wildman–Crippen LogP) is 4.49. The van der Waals surface area contributed by atoms with E-state index >= 15 is 0 Å². The van der Waals surface area contributed by atoms with E-state index in [4.69, 9.17) is 0 Å². The van der Waals surface area contributed by atoms with E-state index in [1.807, 2.05) is 30.7 Å². The van der Waals surface area contributed by atoms with Crippen LogP contribution < -0.4 is 0 Å². The topological polar surface area (TPSA) is 17.1 Å². The molecule has 0 fully saturated rings. The fraction of sp³-hybridized carbons (Fsp3) is 0.375. The summed E-state index contributed by atoms with van der Waals surface area (Å²) in [6.45, 7) is 13.4. The van der Waals surface area contributed by atoms with Crippen molar-refractivity contribution in [3.63, 3.8) is 0 Å². The molecule has 0 aromatic rings. The van der Waals surface area contributed by atoms with Crippen molar-refractivity contribution in [3.05, 3.63) is 53.3 Å². The second-order valence-electron chi connectivity index (χ2n) is 6.95. The minimum atomic E-state index is -1.43. The van der Waals surface area contributed by atoms with Crippen molar-refractivity contribution in [3.8, 4) is 0 Å². The molecular weight excluding hydrogens is 323 g/mol. The van der Waals surface area contributed by atoms with E-state index in [0.29, 0.717) is 5.78 Å². The maximum absolute atomic E-state index is 12.1. The molecule has 0 amide bonds. The molecule has 2 radical (unpaired) electrons. The van der Waals surface area contributed by atoms with Crippen molar-refractivity contribution >= 4 is 21.9 Å². The molecule has 20 heavy (non-hydrogen) atoms. The van der Waals surface area contributed by atoms with Gasteiger partial charge in [-0.15, -0.1) is 0 Å². The van der Waals surface area contributed by atoms with E-state index in [1.54, 1.807) is 0 Å². The van der Waals surface area contributed by atoms with Gasteiger partial charge < -0.3 is 0 Å². The molecule has 4 heteroatoms. The molecule has 0 aromatic heterocycles. The van der Waals surface area contributed by atoms with Crippen LogP contribution in [0.3, 0.4) is 0 Å². The van der Waals surface area contributed by atoms with Gasteiger partial charge in [-0.1, -0.05) is 75.7 Å². The van der Waals surface area contributed by atoms with Crippen LogP contribution in [0.4, 0.5) is 0 Å². The zero-order chi connectivity index (χ0) is 14.7. The number of carbonyl (C=O) groups excluding carboxylic acids is 1. The summed E-state index contributed by atoms with van der Waals surface area (Å²) in [5, 5.41) is 2.21. The van der Waals surface area contributed by atoms with Gasteiger partial charge in [0.25, 0.3) is 0 Å². The average molecular weight is 348 g/mol. The molecule has 0 aliphatic heterocycles. The second kappa shape index (κ2) is 7.54. The molecule has 112 valence electrons. The van der Waals surface area contributed by atoms with Gasteiger partial charge in [0.15, 0.2) is 5.78 Å². The summed E-state index contributed by atoms with van der Waals surface area (Å²) in [6, 6.07) is 0. The summed E-state index contributed by atoms with van der Waals surface area (Å²) in [5.41, 5.74) is 0. The van der Waals surface area contributed by atoms with Gasteiger partial charge in [0.2, 0.25) is 0 Å². The van der Waals surface area contributed by atoms with E-state index in [1.165, 1.54) is 0 Å². The van der Waals surface area contributed by atoms with Crippen LogP contribution in [0.1, 0.15) is 0 Å². The van der Waals surface area contributed by atoms with E-state index in [9.17, 15) is 4.79 Å². The maximum Gasteiger partial charge on any atom is 0.177 e. The van der Waals surface area contributed by atoms with Gasteiger partial charge in [0.1, 0.15) is 0 Å². The Balaban J connectivity index is 0.000000507. The zero-order valence-electron chi connectivity index (χ0n) is 13.3. The molecule has 0 saturated carbocycles. The largest absolute Gasteiger partial charge is 0.290 e. The minimum absolute atomic E-state index is 0. The van der Waals surface area contributed by atoms with Crippen LogP contribution in [-0.2, 0) is 21.6 Å². The van der Waals surface area contributed by atoms with E-state index in [2.05, 4.69) is 51.4 Å². The predicted molar refractivity (Wildman–Crippen MR) is 90.4 cm³/mol. The Morgan fingerprint density at radius 1 is 0.700 bits per heavy atom. The van der Waals surface area contributed by atoms with E-state index in [-0.39, 0.29) is 16.8 Å². The molecule has 0 N–H and O–H groups in total. The third-order valence-electron chi connectivity index (χ3n) is 3.08. The summed E-state index contributed by atoms with van der Waals surface area (Å²) < 4.78 is 0. The van der Waals surface area contributed by atoms with Crippen molar-refractivity contribution in [1.29, 1.82) is 0 Å². The van der Waals surface area contributed by atoms with Gasteiger partial charge in [0.05, 0.1) is 16.1 Å². The molecule has 1 nitrogen and oxygen atoms in total. The van der Waals surface area contributed by atoms with Gasteiger partial charge in [-0.05, 0) is 10.4 Å². The molecule has 0 atom stereocenters. The van der Waals surface area contributed by atoms with Gasteiger partial charge in [-0.25, -0.2) is 0 Å². The number of hydrogen-bond donors (Lipinski definition) is 0. The Morgan fingerprint density at radius 2 is 1.05 bits per heavy atom. The summed E-state index contributed by atoms with van der Waals surface area (Å²) >= 11 is 0. The first kappa shape index (κ1) is 19.6.